The lowest BCUT2D eigenvalue weighted by Gasteiger charge is -2.28. The van der Waals surface area contributed by atoms with Crippen molar-refractivity contribution in [1.29, 1.82) is 0 Å². The zero-order valence-corrected chi connectivity index (χ0v) is 14.2. The Morgan fingerprint density at radius 1 is 1.48 bits per heavy atom. The molecule has 1 unspecified atom stereocenters. The van der Waals surface area contributed by atoms with Gasteiger partial charge in [0.2, 0.25) is 5.91 Å². The average molecular weight is 323 g/mol. The lowest BCUT2D eigenvalue weighted by atomic mass is 10.2. The van der Waals surface area contributed by atoms with E-state index in [-0.39, 0.29) is 5.91 Å². The third kappa shape index (κ3) is 4.97. The zero-order chi connectivity index (χ0) is 17.0. The number of aromatic nitrogens is 1. The van der Waals surface area contributed by atoms with Crippen molar-refractivity contribution in [2.24, 2.45) is 0 Å². The van der Waals surface area contributed by atoms with Gasteiger partial charge in [-0.3, -0.25) is 9.69 Å². The zero-order valence-electron chi connectivity index (χ0n) is 14.2. The van der Waals surface area contributed by atoms with Gasteiger partial charge in [-0.2, -0.15) is 0 Å². The van der Waals surface area contributed by atoms with Crippen LogP contribution in [0.3, 0.4) is 0 Å². The maximum Gasteiger partial charge on any atom is 0.410 e. The van der Waals surface area contributed by atoms with E-state index in [1.165, 1.54) is 4.90 Å². The molecule has 1 atom stereocenters. The molecular formula is C16H25N3O4. The highest BCUT2D eigenvalue weighted by Gasteiger charge is 2.36. The van der Waals surface area contributed by atoms with Gasteiger partial charge in [-0.1, -0.05) is 5.16 Å². The van der Waals surface area contributed by atoms with E-state index < -0.39 is 17.7 Å². The van der Waals surface area contributed by atoms with Crippen LogP contribution in [0.1, 0.15) is 45.1 Å². The van der Waals surface area contributed by atoms with Crippen molar-refractivity contribution in [1.82, 2.24) is 15.4 Å². The molecule has 7 nitrogen and oxygen atoms in total. The Morgan fingerprint density at radius 3 is 2.83 bits per heavy atom. The maximum absolute atomic E-state index is 12.3. The summed E-state index contributed by atoms with van der Waals surface area (Å²) in [5.41, 5.74) is 0.240. The summed E-state index contributed by atoms with van der Waals surface area (Å²) in [7, 11) is 0. The monoisotopic (exact) mass is 323 g/mol. The fourth-order valence-corrected chi connectivity index (χ4v) is 2.55. The molecule has 23 heavy (non-hydrogen) atoms. The molecule has 1 saturated heterocycles. The second-order valence-corrected chi connectivity index (χ2v) is 6.80. The quantitative estimate of drug-likeness (QED) is 0.916. The molecule has 1 aromatic heterocycles. The number of likely N-dealkylation sites (tertiary alicyclic amines) is 1. The molecule has 0 aromatic carbocycles. The molecule has 2 amide bonds. The highest BCUT2D eigenvalue weighted by Crippen LogP contribution is 2.20. The second-order valence-electron chi connectivity index (χ2n) is 6.80. The predicted octanol–water partition coefficient (Wildman–Crippen LogP) is 2.04. The molecular weight excluding hydrogens is 298 g/mol. The first-order valence-corrected chi connectivity index (χ1v) is 7.96. The minimum absolute atomic E-state index is 0.145. The summed E-state index contributed by atoms with van der Waals surface area (Å²) in [4.78, 5) is 26.0. The molecule has 0 saturated carbocycles. The van der Waals surface area contributed by atoms with Gasteiger partial charge in [0, 0.05) is 25.6 Å². The van der Waals surface area contributed by atoms with Crippen molar-refractivity contribution in [3.05, 3.63) is 17.5 Å². The molecule has 1 aliphatic heterocycles. The highest BCUT2D eigenvalue weighted by molar-refractivity contribution is 5.86. The minimum atomic E-state index is -0.564. The Bertz CT molecular complexity index is 562. The van der Waals surface area contributed by atoms with Crippen LogP contribution in [-0.4, -0.2) is 46.8 Å². The predicted molar refractivity (Wildman–Crippen MR) is 83.9 cm³/mol. The van der Waals surface area contributed by atoms with E-state index >= 15 is 0 Å². The van der Waals surface area contributed by atoms with Crippen LogP contribution in [0, 0.1) is 6.92 Å². The van der Waals surface area contributed by atoms with Crippen molar-refractivity contribution in [3.8, 4) is 0 Å². The van der Waals surface area contributed by atoms with Crippen LogP contribution in [0.4, 0.5) is 4.79 Å². The number of nitrogens with one attached hydrogen (secondary N) is 1. The van der Waals surface area contributed by atoms with Crippen molar-refractivity contribution in [2.45, 2.75) is 58.6 Å². The molecule has 0 aliphatic carbocycles. The summed E-state index contributed by atoms with van der Waals surface area (Å²) in [5.74, 6) is 0.604. The normalized spacial score (nSPS) is 18.1. The van der Waals surface area contributed by atoms with Gasteiger partial charge in [0.25, 0.3) is 0 Å². The molecule has 7 heteroatoms. The number of nitrogens with zero attached hydrogens (tertiary/aromatic N) is 2. The van der Waals surface area contributed by atoms with Crippen LogP contribution >= 0.6 is 0 Å². The minimum Gasteiger partial charge on any atom is -0.444 e. The lowest BCUT2D eigenvalue weighted by molar-refractivity contribution is -0.125. The van der Waals surface area contributed by atoms with E-state index in [1.54, 1.807) is 0 Å². The van der Waals surface area contributed by atoms with Crippen LogP contribution < -0.4 is 5.32 Å². The number of amides is 2. The van der Waals surface area contributed by atoms with E-state index in [4.69, 9.17) is 9.26 Å². The molecule has 0 radical (unpaired) electrons. The van der Waals surface area contributed by atoms with Gasteiger partial charge >= 0.3 is 6.09 Å². The Balaban J connectivity index is 1.84. The molecule has 0 spiro atoms. The van der Waals surface area contributed by atoms with E-state index in [0.717, 1.165) is 17.9 Å². The summed E-state index contributed by atoms with van der Waals surface area (Å²) >= 11 is 0. The van der Waals surface area contributed by atoms with Crippen LogP contribution in [0.2, 0.25) is 0 Å². The topological polar surface area (TPSA) is 84.7 Å². The second kappa shape index (κ2) is 7.02. The summed E-state index contributed by atoms with van der Waals surface area (Å²) in [5, 5.41) is 6.74. The van der Waals surface area contributed by atoms with Crippen LogP contribution in [0.25, 0.3) is 0 Å². The van der Waals surface area contributed by atoms with E-state index in [9.17, 15) is 9.59 Å². The first-order chi connectivity index (χ1) is 10.8. The summed E-state index contributed by atoms with van der Waals surface area (Å²) in [6.45, 7) is 8.28. The maximum atomic E-state index is 12.3. The third-order valence-electron chi connectivity index (χ3n) is 3.54. The first kappa shape index (κ1) is 17.3. The molecule has 0 bridgehead atoms. The molecule has 1 aromatic rings. The number of rotatable bonds is 4. The highest BCUT2D eigenvalue weighted by atomic mass is 16.6. The summed E-state index contributed by atoms with van der Waals surface area (Å²) in [6.07, 6.45) is 1.64. The largest absolute Gasteiger partial charge is 0.444 e. The Kier molecular flexibility index (Phi) is 5.28. The van der Waals surface area contributed by atoms with Gasteiger partial charge in [0.1, 0.15) is 17.4 Å². The van der Waals surface area contributed by atoms with E-state index in [2.05, 4.69) is 10.5 Å². The molecule has 2 heterocycles. The number of hydrogen-bond acceptors (Lipinski definition) is 5. The number of carbonyl (C=O) groups is 2. The van der Waals surface area contributed by atoms with Crippen molar-refractivity contribution >= 4 is 12.0 Å². The standard InChI is InChI=1S/C16H25N3O4/c1-11-10-12(18-23-11)7-8-17-14(20)13-6-5-9-19(13)15(21)22-16(2,3)4/h10,13H,5-9H2,1-4H3,(H,17,20). The van der Waals surface area contributed by atoms with Crippen molar-refractivity contribution < 1.29 is 18.8 Å². The van der Waals surface area contributed by atoms with Gasteiger partial charge in [-0.15, -0.1) is 0 Å². The van der Waals surface area contributed by atoms with E-state index in [1.807, 2.05) is 33.8 Å². The van der Waals surface area contributed by atoms with Gasteiger partial charge in [0.15, 0.2) is 0 Å². The van der Waals surface area contributed by atoms with Crippen LogP contribution in [0.5, 0.6) is 0 Å². The van der Waals surface area contributed by atoms with Gasteiger partial charge in [-0.25, -0.2) is 4.79 Å². The smallest absolute Gasteiger partial charge is 0.410 e. The van der Waals surface area contributed by atoms with E-state index in [0.29, 0.717) is 25.9 Å². The summed E-state index contributed by atoms with van der Waals surface area (Å²) < 4.78 is 10.3. The summed E-state index contributed by atoms with van der Waals surface area (Å²) in [6, 6.07) is 1.39. The lowest BCUT2D eigenvalue weighted by Crippen LogP contribution is -2.47. The Hall–Kier alpha value is -2.05. The molecule has 128 valence electrons. The molecule has 2 rings (SSSR count). The van der Waals surface area contributed by atoms with Crippen molar-refractivity contribution in [3.63, 3.8) is 0 Å². The van der Waals surface area contributed by atoms with Gasteiger partial charge < -0.3 is 14.6 Å². The first-order valence-electron chi connectivity index (χ1n) is 7.96. The molecule has 1 N–H and O–H groups in total. The average Bonchev–Trinajstić information content (AvgIpc) is 3.05. The van der Waals surface area contributed by atoms with Crippen LogP contribution in [0.15, 0.2) is 10.6 Å². The van der Waals surface area contributed by atoms with Gasteiger partial charge in [0.05, 0.1) is 5.69 Å². The van der Waals surface area contributed by atoms with Crippen LogP contribution in [-0.2, 0) is 16.0 Å². The number of carbonyl (C=O) groups excluding carboxylic acids is 2. The Morgan fingerprint density at radius 2 is 2.22 bits per heavy atom. The number of aryl methyl sites for hydroxylation is 1. The van der Waals surface area contributed by atoms with Crippen molar-refractivity contribution in [2.75, 3.05) is 13.1 Å². The fraction of sp³-hybridized carbons (Fsp3) is 0.688. The third-order valence-corrected chi connectivity index (χ3v) is 3.54. The number of ether oxygens (including phenoxy) is 1. The number of hydrogen-bond donors (Lipinski definition) is 1. The molecule has 1 aliphatic rings. The van der Waals surface area contributed by atoms with Gasteiger partial charge in [-0.05, 0) is 40.5 Å². The fourth-order valence-electron chi connectivity index (χ4n) is 2.55. The molecule has 1 fully saturated rings. The SMILES string of the molecule is Cc1cc(CCNC(=O)C2CCCN2C(=O)OC(C)(C)C)no1. The Labute approximate surface area is 136 Å².